The maximum atomic E-state index is 13.4. The molecule has 11 heteroatoms. The van der Waals surface area contributed by atoms with Crippen LogP contribution in [-0.2, 0) is 33.4 Å². The van der Waals surface area contributed by atoms with Crippen LogP contribution in [0.15, 0.2) is 45.8 Å². The molecular weight excluding hydrogens is 552 g/mol. The average molecular weight is 584 g/mol. The summed E-state index contributed by atoms with van der Waals surface area (Å²) >= 11 is 3.27. The number of hydrogen-bond donors (Lipinski definition) is 1. The maximum Gasteiger partial charge on any atom is 0.332 e. The number of nitrogens with zero attached hydrogens (tertiary/aromatic N) is 1. The molecule has 1 aliphatic carbocycles. The van der Waals surface area contributed by atoms with Gasteiger partial charge in [0.15, 0.2) is 0 Å². The zero-order valence-electron chi connectivity index (χ0n) is 20.2. The van der Waals surface area contributed by atoms with E-state index >= 15 is 0 Å². The number of carbonyl (C=O) groups is 3. The Bertz CT molecular complexity index is 1140. The fourth-order valence-corrected chi connectivity index (χ4v) is 6.30. The molecule has 4 unspecified atom stereocenters. The number of carbonyl (C=O) groups excluding carboxylic acids is 3. The molecule has 0 spiro atoms. The zero-order valence-corrected chi connectivity index (χ0v) is 22.6. The number of amides is 2. The Labute approximate surface area is 219 Å². The fourth-order valence-electron chi connectivity index (χ4n) is 4.96. The van der Waals surface area contributed by atoms with Gasteiger partial charge < -0.3 is 15.0 Å². The van der Waals surface area contributed by atoms with Gasteiger partial charge in [0.05, 0.1) is 18.1 Å². The van der Waals surface area contributed by atoms with Gasteiger partial charge in [-0.2, -0.15) is 8.42 Å². The Morgan fingerprint density at radius 1 is 1.14 bits per heavy atom. The summed E-state index contributed by atoms with van der Waals surface area (Å²) in [4.78, 5) is 40.5. The molecule has 4 atom stereocenters. The molecule has 2 heterocycles. The topological polar surface area (TPSA) is 119 Å². The molecular formula is C25H31BrN2O7S. The molecule has 1 saturated carbocycles. The van der Waals surface area contributed by atoms with Gasteiger partial charge in [-0.25, -0.2) is 4.79 Å². The molecule has 2 aliphatic heterocycles. The van der Waals surface area contributed by atoms with Crippen molar-refractivity contribution < 1.29 is 31.7 Å². The first-order chi connectivity index (χ1) is 17.2. The van der Waals surface area contributed by atoms with Gasteiger partial charge in [-0.1, -0.05) is 40.9 Å². The Kier molecular flexibility index (Phi) is 8.21. The molecule has 2 amide bonds. The number of rotatable bonds is 4. The number of esters is 1. The van der Waals surface area contributed by atoms with Crippen molar-refractivity contribution in [3.05, 3.63) is 40.9 Å². The van der Waals surface area contributed by atoms with E-state index in [-0.39, 0.29) is 36.1 Å². The van der Waals surface area contributed by atoms with Crippen molar-refractivity contribution in [2.45, 2.75) is 73.9 Å². The highest BCUT2D eigenvalue weighted by Gasteiger charge is 2.62. The lowest BCUT2D eigenvalue weighted by Crippen LogP contribution is -2.53. The minimum absolute atomic E-state index is 0.00505. The highest BCUT2D eigenvalue weighted by atomic mass is 79.9. The summed E-state index contributed by atoms with van der Waals surface area (Å²) in [5.41, 5.74) is -1.17. The third kappa shape index (κ3) is 5.84. The number of halogens is 1. The minimum atomic E-state index is -4.10. The van der Waals surface area contributed by atoms with Gasteiger partial charge in [-0.3, -0.25) is 13.8 Å². The molecule has 1 aromatic carbocycles. The quantitative estimate of drug-likeness (QED) is 0.329. The van der Waals surface area contributed by atoms with Gasteiger partial charge in [-0.15, -0.1) is 0 Å². The van der Waals surface area contributed by atoms with Crippen LogP contribution in [0, 0.1) is 5.92 Å². The molecule has 36 heavy (non-hydrogen) atoms. The third-order valence-electron chi connectivity index (χ3n) is 7.04. The Morgan fingerprint density at radius 2 is 1.86 bits per heavy atom. The zero-order chi connectivity index (χ0) is 25.9. The van der Waals surface area contributed by atoms with E-state index in [4.69, 9.17) is 8.92 Å². The Morgan fingerprint density at radius 3 is 2.58 bits per heavy atom. The lowest BCUT2D eigenvalue weighted by molar-refractivity contribution is -0.148. The largest absolute Gasteiger partial charge is 0.467 e. The van der Waals surface area contributed by atoms with Crippen molar-refractivity contribution >= 4 is 43.8 Å². The first-order valence-electron chi connectivity index (χ1n) is 12.2. The van der Waals surface area contributed by atoms with E-state index in [1.54, 1.807) is 12.1 Å². The number of allylic oxidation sites excluding steroid dienone is 1. The highest BCUT2D eigenvalue weighted by molar-refractivity contribution is 9.10. The molecule has 1 saturated heterocycles. The van der Waals surface area contributed by atoms with Gasteiger partial charge in [0.2, 0.25) is 11.8 Å². The van der Waals surface area contributed by atoms with E-state index in [1.165, 1.54) is 24.1 Å². The molecule has 0 aromatic heterocycles. The molecule has 0 bridgehead atoms. The molecule has 4 rings (SSSR count). The Balaban J connectivity index is 1.55. The molecule has 2 fully saturated rings. The van der Waals surface area contributed by atoms with E-state index in [1.807, 2.05) is 12.2 Å². The highest BCUT2D eigenvalue weighted by Crippen LogP contribution is 2.46. The van der Waals surface area contributed by atoms with Crippen molar-refractivity contribution in [2.75, 3.05) is 13.7 Å². The lowest BCUT2D eigenvalue weighted by atomic mass is 10.1. The molecule has 1 N–H and O–H groups in total. The van der Waals surface area contributed by atoms with Crippen LogP contribution in [0.25, 0.3) is 0 Å². The number of hydrogen-bond acceptors (Lipinski definition) is 7. The fraction of sp³-hybridized carbons (Fsp3) is 0.560. The van der Waals surface area contributed by atoms with Crippen LogP contribution in [-0.4, -0.2) is 62.4 Å². The predicted molar refractivity (Wildman–Crippen MR) is 134 cm³/mol. The second-order valence-electron chi connectivity index (χ2n) is 9.57. The third-order valence-corrected chi connectivity index (χ3v) is 8.94. The number of methoxy groups -OCH3 is 1. The monoisotopic (exact) mass is 582 g/mol. The Hall–Kier alpha value is -2.24. The lowest BCUT2D eigenvalue weighted by Gasteiger charge is -2.26. The molecule has 3 aliphatic rings. The standard InChI is InChI=1S/C25H31BrN2O7S/c1-34-24(31)25-15-17(25)8-6-4-2-3-5-7-9-22(29)28-16-19(14-21(28)23(30)27-25)35-36(32,33)20-12-10-18(26)11-13-20/h6,8,10-13,17,19,21H,2-5,7,9,14-16H2,1H3,(H,27,30). The number of nitrogens with one attached hydrogen (secondary N) is 1. The summed E-state index contributed by atoms with van der Waals surface area (Å²) in [6.45, 7) is -0.0266. The minimum Gasteiger partial charge on any atom is -0.467 e. The molecule has 1 aromatic rings. The van der Waals surface area contributed by atoms with Crippen LogP contribution in [0.2, 0.25) is 0 Å². The number of benzene rings is 1. The second kappa shape index (κ2) is 11.0. The summed E-state index contributed by atoms with van der Waals surface area (Å²) < 4.78 is 36.9. The van der Waals surface area contributed by atoms with Crippen molar-refractivity contribution in [1.82, 2.24) is 10.2 Å². The van der Waals surface area contributed by atoms with E-state index < -0.39 is 39.7 Å². The van der Waals surface area contributed by atoms with Gasteiger partial charge in [0, 0.05) is 29.8 Å². The van der Waals surface area contributed by atoms with E-state index in [0.29, 0.717) is 12.8 Å². The average Bonchev–Trinajstić information content (AvgIpc) is 3.37. The van der Waals surface area contributed by atoms with Gasteiger partial charge in [0.25, 0.3) is 10.1 Å². The van der Waals surface area contributed by atoms with Crippen LogP contribution in [0.3, 0.4) is 0 Å². The van der Waals surface area contributed by atoms with Crippen LogP contribution < -0.4 is 5.32 Å². The van der Waals surface area contributed by atoms with E-state index in [2.05, 4.69) is 21.2 Å². The van der Waals surface area contributed by atoms with Gasteiger partial charge in [-0.05, 0) is 49.9 Å². The maximum absolute atomic E-state index is 13.4. The van der Waals surface area contributed by atoms with Crippen molar-refractivity contribution in [3.8, 4) is 0 Å². The van der Waals surface area contributed by atoms with Crippen LogP contribution >= 0.6 is 15.9 Å². The summed E-state index contributed by atoms with van der Waals surface area (Å²) in [7, 11) is -2.82. The SMILES string of the molecule is COC(=O)C12CC1C=CCCCCCCC(=O)N1CC(OS(=O)(=O)c3ccc(Br)cc3)CC1C(=O)N2. The molecule has 196 valence electrons. The van der Waals surface area contributed by atoms with Crippen molar-refractivity contribution in [1.29, 1.82) is 0 Å². The van der Waals surface area contributed by atoms with Gasteiger partial charge >= 0.3 is 5.97 Å². The molecule has 9 nitrogen and oxygen atoms in total. The van der Waals surface area contributed by atoms with Crippen molar-refractivity contribution in [2.24, 2.45) is 5.92 Å². The summed E-state index contributed by atoms with van der Waals surface area (Å²) in [6, 6.07) is 5.09. The second-order valence-corrected chi connectivity index (χ2v) is 12.1. The van der Waals surface area contributed by atoms with E-state index in [9.17, 15) is 22.8 Å². The summed E-state index contributed by atoms with van der Waals surface area (Å²) in [5, 5.41) is 2.83. The van der Waals surface area contributed by atoms with Gasteiger partial charge in [0.1, 0.15) is 11.6 Å². The first-order valence-corrected chi connectivity index (χ1v) is 14.4. The van der Waals surface area contributed by atoms with Crippen LogP contribution in [0.4, 0.5) is 0 Å². The predicted octanol–water partition coefficient (Wildman–Crippen LogP) is 3.08. The normalized spacial score (nSPS) is 29.4. The summed E-state index contributed by atoms with van der Waals surface area (Å²) in [6.07, 6.45) is 8.17. The van der Waals surface area contributed by atoms with E-state index in [0.717, 1.165) is 30.2 Å². The van der Waals surface area contributed by atoms with Crippen LogP contribution in [0.5, 0.6) is 0 Å². The number of ether oxygens (including phenoxy) is 1. The summed E-state index contributed by atoms with van der Waals surface area (Å²) in [5.74, 6) is -1.45. The van der Waals surface area contributed by atoms with Crippen molar-refractivity contribution in [3.63, 3.8) is 0 Å². The first kappa shape index (κ1) is 26.8. The number of fused-ring (bicyclic) bond motifs is 2. The smallest absolute Gasteiger partial charge is 0.332 e. The van der Waals surface area contributed by atoms with Crippen LogP contribution in [0.1, 0.15) is 51.4 Å². The molecule has 0 radical (unpaired) electrons.